The van der Waals surface area contributed by atoms with Gasteiger partial charge in [0.1, 0.15) is 0 Å². The Bertz CT molecular complexity index is 88.4. The molecule has 0 unspecified atom stereocenters. The first kappa shape index (κ1) is 10.6. The second-order valence-electron chi connectivity index (χ2n) is 1.15. The summed E-state index contributed by atoms with van der Waals surface area (Å²) in [6.07, 6.45) is 3.52. The van der Waals surface area contributed by atoms with Crippen molar-refractivity contribution < 1.29 is 9.90 Å². The summed E-state index contributed by atoms with van der Waals surface area (Å²) >= 11 is 0. The highest BCUT2D eigenvalue weighted by Crippen LogP contribution is 1.76. The molecule has 2 nitrogen and oxygen atoms in total. The lowest BCUT2D eigenvalue weighted by atomic mass is 10.4. The van der Waals surface area contributed by atoms with E-state index in [2.05, 4.69) is 0 Å². The number of allylic oxidation sites excluding steroid dienone is 1. The Hall–Kier alpha value is -0.310. The Labute approximate surface area is 59.0 Å². The predicted octanol–water partition coefficient (Wildman–Crippen LogP) is 1.62. The van der Waals surface area contributed by atoms with E-state index in [4.69, 9.17) is 5.11 Å². The van der Waals surface area contributed by atoms with Gasteiger partial charge in [0.2, 0.25) is 0 Å². The van der Waals surface area contributed by atoms with Crippen LogP contribution in [0.15, 0.2) is 12.2 Å². The number of carboxylic acids is 1. The smallest absolute Gasteiger partial charge is 0.327 e. The zero-order valence-electron chi connectivity index (χ0n) is 4.63. The van der Waals surface area contributed by atoms with Crippen molar-refractivity contribution in [1.82, 2.24) is 0 Å². The fourth-order valence-corrected chi connectivity index (χ4v) is 0.219. The molecule has 0 atom stereocenters. The summed E-state index contributed by atoms with van der Waals surface area (Å²) in [4.78, 5) is 9.67. The topological polar surface area (TPSA) is 37.3 Å². The third-order valence-corrected chi connectivity index (χ3v) is 0.496. The summed E-state index contributed by atoms with van der Waals surface area (Å²) in [6.45, 7) is 1.89. The van der Waals surface area contributed by atoms with Crippen LogP contribution < -0.4 is 0 Å². The van der Waals surface area contributed by atoms with Crippen molar-refractivity contribution in [3.8, 4) is 0 Å². The molecule has 8 heavy (non-hydrogen) atoms. The average Bonchev–Trinajstić information content (AvgIpc) is 1.61. The first-order chi connectivity index (χ1) is 3.27. The van der Waals surface area contributed by atoms with Crippen LogP contribution in [0, 0.1) is 0 Å². The van der Waals surface area contributed by atoms with Crippen LogP contribution in [0.5, 0.6) is 0 Å². The van der Waals surface area contributed by atoms with Gasteiger partial charge in [-0.1, -0.05) is 13.0 Å². The van der Waals surface area contributed by atoms with Crippen LogP contribution in [0.1, 0.15) is 13.3 Å². The van der Waals surface area contributed by atoms with Crippen LogP contribution in [-0.4, -0.2) is 11.1 Å². The number of carbonyl (C=O) groups is 1. The molecular weight excluding hydrogens is 172 g/mol. The third-order valence-electron chi connectivity index (χ3n) is 0.496. The highest BCUT2D eigenvalue weighted by atomic mass is 79.9. The van der Waals surface area contributed by atoms with Gasteiger partial charge < -0.3 is 5.11 Å². The number of hydrogen-bond acceptors (Lipinski definition) is 1. The summed E-state index contributed by atoms with van der Waals surface area (Å²) < 4.78 is 0. The van der Waals surface area contributed by atoms with Crippen LogP contribution in [0.2, 0.25) is 0 Å². The van der Waals surface area contributed by atoms with E-state index in [9.17, 15) is 4.79 Å². The molecule has 0 saturated heterocycles. The zero-order chi connectivity index (χ0) is 5.70. The van der Waals surface area contributed by atoms with E-state index in [1.54, 1.807) is 6.08 Å². The van der Waals surface area contributed by atoms with E-state index in [0.29, 0.717) is 0 Å². The molecule has 48 valence electrons. The van der Waals surface area contributed by atoms with E-state index < -0.39 is 5.97 Å². The van der Waals surface area contributed by atoms with Crippen LogP contribution >= 0.6 is 17.0 Å². The Morgan fingerprint density at radius 2 is 2.25 bits per heavy atom. The van der Waals surface area contributed by atoms with Crippen molar-refractivity contribution in [2.75, 3.05) is 0 Å². The summed E-state index contributed by atoms with van der Waals surface area (Å²) in [5.41, 5.74) is 0. The van der Waals surface area contributed by atoms with Gasteiger partial charge in [-0.15, -0.1) is 17.0 Å². The number of aliphatic carboxylic acids is 1. The quantitative estimate of drug-likeness (QED) is 0.657. The standard InChI is InChI=1S/C5H8O2.BrH/c1-2-3-4-5(6)7;/h3-4H,2H2,1H3,(H,6,7);1H. The van der Waals surface area contributed by atoms with Gasteiger partial charge in [-0.05, 0) is 6.42 Å². The minimum absolute atomic E-state index is 0. The van der Waals surface area contributed by atoms with Crippen molar-refractivity contribution >= 4 is 23.0 Å². The van der Waals surface area contributed by atoms with Crippen molar-refractivity contribution in [2.24, 2.45) is 0 Å². The molecule has 0 bridgehead atoms. The predicted molar refractivity (Wildman–Crippen MR) is 37.4 cm³/mol. The summed E-state index contributed by atoms with van der Waals surface area (Å²) in [6, 6.07) is 0. The Morgan fingerprint density at radius 1 is 1.75 bits per heavy atom. The van der Waals surface area contributed by atoms with Gasteiger partial charge in [0, 0.05) is 6.08 Å². The second kappa shape index (κ2) is 6.69. The molecule has 0 aliphatic rings. The van der Waals surface area contributed by atoms with Crippen molar-refractivity contribution in [3.05, 3.63) is 12.2 Å². The van der Waals surface area contributed by atoms with Gasteiger partial charge in [-0.25, -0.2) is 4.79 Å². The van der Waals surface area contributed by atoms with Crippen LogP contribution in [0.25, 0.3) is 0 Å². The first-order valence-electron chi connectivity index (χ1n) is 2.17. The van der Waals surface area contributed by atoms with E-state index >= 15 is 0 Å². The number of halogens is 1. The molecule has 0 aliphatic heterocycles. The molecule has 0 aromatic heterocycles. The second-order valence-corrected chi connectivity index (χ2v) is 1.15. The molecular formula is C5H9BrO2. The van der Waals surface area contributed by atoms with Crippen molar-refractivity contribution in [2.45, 2.75) is 13.3 Å². The average molecular weight is 181 g/mol. The van der Waals surface area contributed by atoms with Crippen LogP contribution in [0.4, 0.5) is 0 Å². The summed E-state index contributed by atoms with van der Waals surface area (Å²) in [5, 5.41) is 7.96. The van der Waals surface area contributed by atoms with Gasteiger partial charge in [0.05, 0.1) is 0 Å². The minimum atomic E-state index is -0.873. The maximum atomic E-state index is 9.67. The largest absolute Gasteiger partial charge is 0.478 e. The fraction of sp³-hybridized carbons (Fsp3) is 0.400. The lowest BCUT2D eigenvalue weighted by molar-refractivity contribution is -0.131. The number of carboxylic acid groups (broad SMARTS) is 1. The summed E-state index contributed by atoms with van der Waals surface area (Å²) in [7, 11) is 0. The molecule has 0 spiro atoms. The molecule has 0 aromatic carbocycles. The normalized spacial score (nSPS) is 8.62. The Balaban J connectivity index is 0. The van der Waals surface area contributed by atoms with Crippen LogP contribution in [-0.2, 0) is 4.79 Å². The SMILES string of the molecule is Br.CCC=CC(=O)O. The highest BCUT2D eigenvalue weighted by Gasteiger charge is 1.79. The van der Waals surface area contributed by atoms with Crippen molar-refractivity contribution in [3.63, 3.8) is 0 Å². The van der Waals surface area contributed by atoms with Gasteiger partial charge in [-0.3, -0.25) is 0 Å². The molecule has 0 aromatic rings. The van der Waals surface area contributed by atoms with E-state index in [0.717, 1.165) is 12.5 Å². The first-order valence-corrected chi connectivity index (χ1v) is 2.17. The van der Waals surface area contributed by atoms with Gasteiger partial charge in [-0.2, -0.15) is 0 Å². The number of rotatable bonds is 2. The van der Waals surface area contributed by atoms with E-state index in [-0.39, 0.29) is 17.0 Å². The third kappa shape index (κ3) is 9.19. The fourth-order valence-electron chi connectivity index (χ4n) is 0.219. The highest BCUT2D eigenvalue weighted by molar-refractivity contribution is 8.93. The summed E-state index contributed by atoms with van der Waals surface area (Å²) in [5.74, 6) is -0.873. The monoisotopic (exact) mass is 180 g/mol. The minimum Gasteiger partial charge on any atom is -0.478 e. The van der Waals surface area contributed by atoms with Gasteiger partial charge >= 0.3 is 5.97 Å². The molecule has 3 heteroatoms. The molecule has 0 amide bonds. The van der Waals surface area contributed by atoms with E-state index in [1.807, 2.05) is 6.92 Å². The van der Waals surface area contributed by atoms with Crippen LogP contribution in [0.3, 0.4) is 0 Å². The molecule has 0 heterocycles. The Morgan fingerprint density at radius 3 is 2.38 bits per heavy atom. The maximum Gasteiger partial charge on any atom is 0.327 e. The molecule has 0 rings (SSSR count). The van der Waals surface area contributed by atoms with Gasteiger partial charge in [0.25, 0.3) is 0 Å². The molecule has 0 saturated carbocycles. The molecule has 0 fully saturated rings. The molecule has 1 N–H and O–H groups in total. The van der Waals surface area contributed by atoms with Crippen molar-refractivity contribution in [1.29, 1.82) is 0 Å². The molecule has 0 aliphatic carbocycles. The Kier molecular flexibility index (Phi) is 8.89. The number of hydrogen-bond donors (Lipinski definition) is 1. The molecule has 0 radical (unpaired) electrons. The van der Waals surface area contributed by atoms with Gasteiger partial charge in [0.15, 0.2) is 0 Å². The lowest BCUT2D eigenvalue weighted by Crippen LogP contribution is -1.84. The lowest BCUT2D eigenvalue weighted by Gasteiger charge is -1.73. The maximum absolute atomic E-state index is 9.67. The zero-order valence-corrected chi connectivity index (χ0v) is 6.34. The van der Waals surface area contributed by atoms with E-state index in [1.165, 1.54) is 0 Å².